The molecule has 0 saturated carbocycles. The molecule has 0 unspecified atom stereocenters. The van der Waals surface area contributed by atoms with Crippen LogP contribution in [-0.2, 0) is 11.3 Å². The summed E-state index contributed by atoms with van der Waals surface area (Å²) in [6.45, 7) is 0.477. The molecule has 0 fully saturated rings. The Morgan fingerprint density at radius 1 is 1.67 bits per heavy atom. The number of aliphatic hydroxyl groups excluding tert-OH is 1. The lowest BCUT2D eigenvalue weighted by Crippen LogP contribution is -2.18. The van der Waals surface area contributed by atoms with Crippen LogP contribution in [0.1, 0.15) is 6.42 Å². The van der Waals surface area contributed by atoms with Gasteiger partial charge in [0.2, 0.25) is 5.95 Å². The maximum atomic E-state index is 11.5. The molecule has 0 amide bonds. The van der Waals surface area contributed by atoms with Crippen molar-refractivity contribution in [1.29, 1.82) is 0 Å². The summed E-state index contributed by atoms with van der Waals surface area (Å²) < 4.78 is 6.77. The van der Waals surface area contributed by atoms with Crippen molar-refractivity contribution in [1.82, 2.24) is 19.5 Å². The first-order valence-corrected chi connectivity index (χ1v) is 5.50. The lowest BCUT2D eigenvalue weighted by Gasteiger charge is -2.12. The number of nitrogens with two attached hydrogens (primary N) is 1. The monoisotopic (exact) mass is 253 g/mol. The van der Waals surface area contributed by atoms with Gasteiger partial charge in [0.1, 0.15) is 0 Å². The molecule has 8 heteroatoms. The number of aromatic amines is 1. The number of fused-ring (bicyclic) bond motifs is 1. The van der Waals surface area contributed by atoms with Gasteiger partial charge in [-0.3, -0.25) is 9.78 Å². The lowest BCUT2D eigenvalue weighted by molar-refractivity contribution is 0.0405. The van der Waals surface area contributed by atoms with Crippen molar-refractivity contribution < 1.29 is 9.84 Å². The Morgan fingerprint density at radius 2 is 2.44 bits per heavy atom. The number of imidazole rings is 1. The first-order valence-electron chi connectivity index (χ1n) is 5.50. The molecule has 8 nitrogen and oxygen atoms in total. The molecular weight excluding hydrogens is 238 g/mol. The van der Waals surface area contributed by atoms with Gasteiger partial charge in [0.15, 0.2) is 11.2 Å². The minimum absolute atomic E-state index is 0.0553. The number of hydrogen-bond donors (Lipinski definition) is 3. The summed E-state index contributed by atoms with van der Waals surface area (Å²) in [5.74, 6) is 0.0553. The molecule has 2 rings (SSSR count). The number of ether oxygens (including phenoxy) is 1. The average molecular weight is 253 g/mol. The Hall–Kier alpha value is -1.93. The third-order valence-corrected chi connectivity index (χ3v) is 2.72. The Morgan fingerprint density at radius 3 is 3.11 bits per heavy atom. The maximum Gasteiger partial charge on any atom is 0.280 e. The molecule has 0 radical (unpaired) electrons. The number of nitrogens with one attached hydrogen (secondary N) is 1. The molecule has 2 aromatic rings. The molecule has 0 aromatic carbocycles. The third kappa shape index (κ3) is 2.34. The molecule has 2 aromatic heterocycles. The van der Waals surface area contributed by atoms with Gasteiger partial charge >= 0.3 is 0 Å². The molecule has 0 aliphatic carbocycles. The van der Waals surface area contributed by atoms with E-state index >= 15 is 0 Å². The van der Waals surface area contributed by atoms with Crippen LogP contribution in [0.15, 0.2) is 11.1 Å². The fourth-order valence-electron chi connectivity index (χ4n) is 1.70. The van der Waals surface area contributed by atoms with Gasteiger partial charge in [0, 0.05) is 13.7 Å². The summed E-state index contributed by atoms with van der Waals surface area (Å²) in [7, 11) is 1.54. The number of anilines is 1. The van der Waals surface area contributed by atoms with Crippen LogP contribution in [0.25, 0.3) is 11.2 Å². The van der Waals surface area contributed by atoms with E-state index in [9.17, 15) is 4.79 Å². The maximum absolute atomic E-state index is 11.5. The molecule has 18 heavy (non-hydrogen) atoms. The van der Waals surface area contributed by atoms with Crippen molar-refractivity contribution in [3.8, 4) is 0 Å². The fourth-order valence-corrected chi connectivity index (χ4v) is 1.70. The second-order valence-electron chi connectivity index (χ2n) is 3.89. The number of H-pyrrole nitrogens is 1. The van der Waals surface area contributed by atoms with E-state index in [1.807, 2.05) is 0 Å². The normalized spacial score (nSPS) is 13.0. The molecule has 98 valence electrons. The van der Waals surface area contributed by atoms with Crippen LogP contribution in [0.3, 0.4) is 0 Å². The van der Waals surface area contributed by atoms with Crippen LogP contribution >= 0.6 is 0 Å². The predicted octanol–water partition coefficient (Wildman–Crippen LogP) is -0.901. The summed E-state index contributed by atoms with van der Waals surface area (Å²) in [6, 6.07) is 0. The number of nitrogen functional groups attached to an aromatic ring is 1. The zero-order valence-electron chi connectivity index (χ0n) is 9.96. The van der Waals surface area contributed by atoms with E-state index in [2.05, 4.69) is 15.0 Å². The molecular formula is C10H15N5O3. The van der Waals surface area contributed by atoms with E-state index in [-0.39, 0.29) is 29.7 Å². The second kappa shape index (κ2) is 5.15. The van der Waals surface area contributed by atoms with Crippen molar-refractivity contribution in [2.24, 2.45) is 0 Å². The standard InChI is InChI=1S/C10H15N5O3/c1-18-6(4-16)2-3-15-5-12-7-8(15)13-10(11)14-9(7)17/h5-6,16H,2-4H2,1H3,(H3,11,13,14,17)/t6-/m1/s1. The summed E-state index contributed by atoms with van der Waals surface area (Å²) in [4.78, 5) is 22.0. The van der Waals surface area contributed by atoms with Gasteiger partial charge in [0.25, 0.3) is 5.56 Å². The van der Waals surface area contributed by atoms with Crippen LogP contribution in [0.4, 0.5) is 5.95 Å². The molecule has 0 aliphatic heterocycles. The van der Waals surface area contributed by atoms with E-state index in [4.69, 9.17) is 15.6 Å². The smallest absolute Gasteiger partial charge is 0.280 e. The largest absolute Gasteiger partial charge is 0.394 e. The summed E-state index contributed by atoms with van der Waals surface area (Å²) in [5, 5.41) is 9.02. The van der Waals surface area contributed by atoms with Crippen molar-refractivity contribution in [2.45, 2.75) is 19.1 Å². The topological polar surface area (TPSA) is 119 Å². The fraction of sp³-hybridized carbons (Fsp3) is 0.500. The number of nitrogens with zero attached hydrogens (tertiary/aromatic N) is 3. The zero-order valence-corrected chi connectivity index (χ0v) is 9.96. The van der Waals surface area contributed by atoms with E-state index < -0.39 is 0 Å². The van der Waals surface area contributed by atoms with Crippen LogP contribution < -0.4 is 11.3 Å². The van der Waals surface area contributed by atoms with E-state index in [0.717, 1.165) is 0 Å². The van der Waals surface area contributed by atoms with Crippen molar-refractivity contribution in [3.05, 3.63) is 16.7 Å². The zero-order chi connectivity index (χ0) is 13.1. The van der Waals surface area contributed by atoms with Gasteiger partial charge in [-0.1, -0.05) is 0 Å². The molecule has 4 N–H and O–H groups in total. The minimum atomic E-state index is -0.360. The minimum Gasteiger partial charge on any atom is -0.394 e. The van der Waals surface area contributed by atoms with Gasteiger partial charge in [-0.15, -0.1) is 0 Å². The summed E-state index contributed by atoms with van der Waals surface area (Å²) in [5.41, 5.74) is 5.82. The molecule has 0 aliphatic rings. The van der Waals surface area contributed by atoms with E-state index in [0.29, 0.717) is 18.6 Å². The predicted molar refractivity (Wildman–Crippen MR) is 65.1 cm³/mol. The van der Waals surface area contributed by atoms with Gasteiger partial charge in [-0.25, -0.2) is 4.98 Å². The Kier molecular flexibility index (Phi) is 3.58. The molecule has 1 atom stereocenters. The van der Waals surface area contributed by atoms with Crippen LogP contribution in [0.2, 0.25) is 0 Å². The summed E-state index contributed by atoms with van der Waals surface area (Å²) >= 11 is 0. The van der Waals surface area contributed by atoms with Crippen LogP contribution in [0, 0.1) is 0 Å². The van der Waals surface area contributed by atoms with Crippen molar-refractivity contribution in [2.75, 3.05) is 19.5 Å². The average Bonchev–Trinajstić information content (AvgIpc) is 2.74. The number of aryl methyl sites for hydroxylation is 1. The van der Waals surface area contributed by atoms with Gasteiger partial charge in [-0.05, 0) is 6.42 Å². The Labute approximate surface area is 102 Å². The first-order chi connectivity index (χ1) is 8.65. The van der Waals surface area contributed by atoms with Crippen molar-refractivity contribution in [3.63, 3.8) is 0 Å². The van der Waals surface area contributed by atoms with Crippen LogP contribution in [-0.4, -0.2) is 44.4 Å². The van der Waals surface area contributed by atoms with Gasteiger partial charge in [0.05, 0.1) is 19.0 Å². The highest BCUT2D eigenvalue weighted by molar-refractivity contribution is 5.70. The van der Waals surface area contributed by atoms with E-state index in [1.165, 1.54) is 13.4 Å². The lowest BCUT2D eigenvalue weighted by atomic mass is 10.2. The third-order valence-electron chi connectivity index (χ3n) is 2.72. The number of hydrogen-bond acceptors (Lipinski definition) is 6. The molecule has 2 heterocycles. The highest BCUT2D eigenvalue weighted by Crippen LogP contribution is 2.08. The number of rotatable bonds is 5. The van der Waals surface area contributed by atoms with Gasteiger partial charge < -0.3 is 20.1 Å². The Balaban J connectivity index is 2.27. The quantitative estimate of drug-likeness (QED) is 0.635. The van der Waals surface area contributed by atoms with Crippen LogP contribution in [0.5, 0.6) is 0 Å². The molecule has 0 bridgehead atoms. The molecule has 0 saturated heterocycles. The van der Waals surface area contributed by atoms with Crippen molar-refractivity contribution >= 4 is 17.1 Å². The molecule has 0 spiro atoms. The SMILES string of the molecule is CO[C@@H](CO)CCn1cnc2c(=O)[nH]c(N)nc21. The first kappa shape index (κ1) is 12.5. The number of aromatic nitrogens is 4. The highest BCUT2D eigenvalue weighted by Gasteiger charge is 2.11. The number of methoxy groups -OCH3 is 1. The second-order valence-corrected chi connectivity index (χ2v) is 3.89. The van der Waals surface area contributed by atoms with Gasteiger partial charge in [-0.2, -0.15) is 4.98 Å². The highest BCUT2D eigenvalue weighted by atomic mass is 16.5. The Bertz CT molecular complexity index is 587. The van der Waals surface area contributed by atoms with E-state index in [1.54, 1.807) is 4.57 Å². The number of aliphatic hydroxyl groups is 1. The summed E-state index contributed by atoms with van der Waals surface area (Å²) in [6.07, 6.45) is 1.87.